The van der Waals surface area contributed by atoms with Gasteiger partial charge in [0.15, 0.2) is 16.6 Å². The molecule has 0 amide bonds. The molecule has 0 aliphatic rings. The average molecular weight is 471 g/mol. The van der Waals surface area contributed by atoms with Crippen molar-refractivity contribution in [2.45, 2.75) is 97.8 Å². The van der Waals surface area contributed by atoms with Gasteiger partial charge in [0, 0.05) is 0 Å². The van der Waals surface area contributed by atoms with Crippen molar-refractivity contribution >= 4 is 24.2 Å². The van der Waals surface area contributed by atoms with Crippen LogP contribution in [0.3, 0.4) is 0 Å². The summed E-state index contributed by atoms with van der Waals surface area (Å²) >= 11 is 0. The maximum absolute atomic E-state index is 12.7. The molecular formula is C20H47O6PSi2. The molecule has 0 saturated carbocycles. The standard InChI is InChI=1S/C20H47O6PSi2/c1-13-23-27(21,24-14-2)17-22-15-18(26-29(11,12)20(6,7)8)16-25-28(9,10)19(3,4)5/h18H,13-17H2,1-12H3. The molecule has 0 bridgehead atoms. The molecule has 176 valence electrons. The highest BCUT2D eigenvalue weighted by Gasteiger charge is 2.41. The normalized spacial score (nSPS) is 15.6. The lowest BCUT2D eigenvalue weighted by Crippen LogP contribution is -2.49. The lowest BCUT2D eigenvalue weighted by atomic mass is 10.2. The molecule has 0 aliphatic heterocycles. The zero-order valence-corrected chi connectivity index (χ0v) is 23.9. The topological polar surface area (TPSA) is 63.2 Å². The Kier molecular flexibility index (Phi) is 11.5. The second kappa shape index (κ2) is 11.4. The van der Waals surface area contributed by atoms with Crippen LogP contribution in [-0.4, -0.2) is 55.5 Å². The van der Waals surface area contributed by atoms with Gasteiger partial charge in [-0.15, -0.1) is 0 Å². The Balaban J connectivity index is 5.21. The Morgan fingerprint density at radius 3 is 1.62 bits per heavy atom. The van der Waals surface area contributed by atoms with Crippen molar-refractivity contribution in [3.63, 3.8) is 0 Å². The highest BCUT2D eigenvalue weighted by atomic mass is 31.2. The van der Waals surface area contributed by atoms with Crippen LogP contribution >= 0.6 is 7.60 Å². The summed E-state index contributed by atoms with van der Waals surface area (Å²) in [6, 6.07) is 0. The Hall–Kier alpha value is 0.464. The fraction of sp³-hybridized carbons (Fsp3) is 1.00. The highest BCUT2D eigenvalue weighted by Crippen LogP contribution is 2.48. The van der Waals surface area contributed by atoms with Gasteiger partial charge in [0.1, 0.15) is 6.35 Å². The molecule has 0 heterocycles. The monoisotopic (exact) mass is 470 g/mol. The molecule has 0 aromatic heterocycles. The predicted octanol–water partition coefficient (Wildman–Crippen LogP) is 6.64. The van der Waals surface area contributed by atoms with Gasteiger partial charge >= 0.3 is 7.60 Å². The minimum absolute atomic E-state index is 0.0772. The van der Waals surface area contributed by atoms with Crippen molar-refractivity contribution in [2.24, 2.45) is 0 Å². The van der Waals surface area contributed by atoms with Crippen molar-refractivity contribution in [1.82, 2.24) is 0 Å². The van der Waals surface area contributed by atoms with E-state index in [1.54, 1.807) is 13.8 Å². The third-order valence-electron chi connectivity index (χ3n) is 5.91. The molecule has 0 spiro atoms. The number of hydrogen-bond acceptors (Lipinski definition) is 6. The number of rotatable bonds is 13. The van der Waals surface area contributed by atoms with E-state index in [9.17, 15) is 4.57 Å². The maximum Gasteiger partial charge on any atom is 0.356 e. The molecule has 9 heteroatoms. The van der Waals surface area contributed by atoms with E-state index >= 15 is 0 Å². The molecule has 0 aromatic carbocycles. The third-order valence-corrected chi connectivity index (χ3v) is 16.7. The van der Waals surface area contributed by atoms with Gasteiger partial charge in [-0.3, -0.25) is 4.57 Å². The second-order valence-electron chi connectivity index (χ2n) is 10.5. The largest absolute Gasteiger partial charge is 0.414 e. The first kappa shape index (κ1) is 29.5. The Morgan fingerprint density at radius 2 is 1.24 bits per heavy atom. The Labute approximate surface area is 182 Å². The summed E-state index contributed by atoms with van der Waals surface area (Å²) in [5.74, 6) is 0. The first-order valence-electron chi connectivity index (χ1n) is 10.7. The van der Waals surface area contributed by atoms with Gasteiger partial charge in [-0.05, 0) is 50.1 Å². The molecule has 29 heavy (non-hydrogen) atoms. The van der Waals surface area contributed by atoms with Crippen LogP contribution in [0.4, 0.5) is 0 Å². The van der Waals surface area contributed by atoms with E-state index in [1.807, 2.05) is 0 Å². The first-order valence-corrected chi connectivity index (χ1v) is 18.2. The summed E-state index contributed by atoms with van der Waals surface area (Å²) in [5, 5.41) is 0.198. The van der Waals surface area contributed by atoms with Crippen LogP contribution in [0.1, 0.15) is 55.4 Å². The van der Waals surface area contributed by atoms with Crippen molar-refractivity contribution < 1.29 is 27.2 Å². The van der Waals surface area contributed by atoms with Crippen molar-refractivity contribution in [1.29, 1.82) is 0 Å². The van der Waals surface area contributed by atoms with Crippen LogP contribution in [0, 0.1) is 0 Å². The summed E-state index contributed by atoms with van der Waals surface area (Å²) in [4.78, 5) is 0. The van der Waals surface area contributed by atoms with Gasteiger partial charge in [0.2, 0.25) is 0 Å². The zero-order chi connectivity index (χ0) is 23.1. The van der Waals surface area contributed by atoms with Gasteiger partial charge in [0.25, 0.3) is 0 Å². The summed E-state index contributed by atoms with van der Waals surface area (Å²) < 4.78 is 42.1. The Morgan fingerprint density at radius 1 is 0.793 bits per heavy atom. The van der Waals surface area contributed by atoms with Crippen LogP contribution < -0.4 is 0 Å². The van der Waals surface area contributed by atoms with Crippen molar-refractivity contribution in [3.05, 3.63) is 0 Å². The van der Waals surface area contributed by atoms with Crippen LogP contribution in [0.25, 0.3) is 0 Å². The minimum Gasteiger partial charge on any atom is -0.414 e. The van der Waals surface area contributed by atoms with Gasteiger partial charge in [0.05, 0.1) is 32.5 Å². The summed E-state index contributed by atoms with van der Waals surface area (Å²) in [6.07, 6.45) is -0.298. The highest BCUT2D eigenvalue weighted by molar-refractivity contribution is 7.53. The molecule has 0 rings (SSSR count). The van der Waals surface area contributed by atoms with Crippen LogP contribution in [0.2, 0.25) is 36.3 Å². The summed E-state index contributed by atoms with van der Waals surface area (Å²) in [6.45, 7) is 27.2. The quantitative estimate of drug-likeness (QED) is 0.222. The van der Waals surface area contributed by atoms with Crippen LogP contribution in [0.15, 0.2) is 0 Å². The van der Waals surface area contributed by atoms with E-state index in [2.05, 4.69) is 67.7 Å². The third kappa shape index (κ3) is 10.1. The average Bonchev–Trinajstić information content (AvgIpc) is 2.50. The van der Waals surface area contributed by atoms with E-state index < -0.39 is 24.2 Å². The van der Waals surface area contributed by atoms with Gasteiger partial charge < -0.3 is 22.6 Å². The van der Waals surface area contributed by atoms with E-state index in [0.29, 0.717) is 26.4 Å². The number of ether oxygens (including phenoxy) is 1. The molecule has 1 atom stereocenters. The van der Waals surface area contributed by atoms with Crippen molar-refractivity contribution in [3.8, 4) is 0 Å². The second-order valence-corrected chi connectivity index (χ2v) is 22.1. The van der Waals surface area contributed by atoms with E-state index in [0.717, 1.165) is 0 Å². The number of hydrogen-bond donors (Lipinski definition) is 0. The fourth-order valence-electron chi connectivity index (χ4n) is 2.03. The van der Waals surface area contributed by atoms with Crippen LogP contribution in [-0.2, 0) is 27.2 Å². The molecular weight excluding hydrogens is 423 g/mol. The molecule has 0 fully saturated rings. The minimum atomic E-state index is -3.24. The van der Waals surface area contributed by atoms with Gasteiger partial charge in [-0.1, -0.05) is 41.5 Å². The lowest BCUT2D eigenvalue weighted by Gasteiger charge is -2.41. The van der Waals surface area contributed by atoms with Gasteiger partial charge in [-0.2, -0.15) is 0 Å². The zero-order valence-electron chi connectivity index (χ0n) is 21.0. The van der Waals surface area contributed by atoms with Crippen LogP contribution in [0.5, 0.6) is 0 Å². The molecule has 1 unspecified atom stereocenters. The smallest absolute Gasteiger partial charge is 0.356 e. The molecule has 0 radical (unpaired) electrons. The van der Waals surface area contributed by atoms with E-state index in [1.165, 1.54) is 0 Å². The molecule has 0 N–H and O–H groups in total. The SMILES string of the molecule is CCOP(=O)(COCC(CO[Si](C)(C)C(C)(C)C)O[Si](C)(C)C(C)(C)C)OCC. The molecule has 0 saturated heterocycles. The predicted molar refractivity (Wildman–Crippen MR) is 127 cm³/mol. The van der Waals surface area contributed by atoms with E-state index in [-0.39, 0.29) is 22.5 Å². The Bertz CT molecular complexity index is 516. The van der Waals surface area contributed by atoms with Crippen molar-refractivity contribution in [2.75, 3.05) is 32.8 Å². The summed E-state index contributed by atoms with van der Waals surface area (Å²) in [5.41, 5.74) is 0. The molecule has 6 nitrogen and oxygen atoms in total. The first-order chi connectivity index (χ1) is 12.9. The molecule has 0 aromatic rings. The van der Waals surface area contributed by atoms with Gasteiger partial charge in [-0.25, -0.2) is 0 Å². The fourth-order valence-corrected chi connectivity index (χ4v) is 5.73. The lowest BCUT2D eigenvalue weighted by molar-refractivity contribution is 0.0234. The molecule has 0 aliphatic carbocycles. The maximum atomic E-state index is 12.7. The summed E-state index contributed by atoms with van der Waals surface area (Å²) in [7, 11) is -7.16. The van der Waals surface area contributed by atoms with E-state index in [4.69, 9.17) is 22.6 Å².